The summed E-state index contributed by atoms with van der Waals surface area (Å²) in [6.07, 6.45) is 9.24. The Morgan fingerprint density at radius 3 is 1.21 bits per heavy atom. The lowest BCUT2D eigenvalue weighted by Crippen LogP contribution is -2.31. The largest absolute Gasteiger partial charge is 0.335 e. The van der Waals surface area contributed by atoms with Crippen LogP contribution in [0.15, 0.2) is 61.2 Å². The molecule has 2 aromatic heterocycles. The number of unbranched alkanes of at least 4 members (excludes halogenated alkanes) is 1. The molecule has 0 N–H and O–H groups in total. The minimum absolute atomic E-state index is 0.765. The highest BCUT2D eigenvalue weighted by Gasteiger charge is 2.31. The average molecular weight is 507 g/mol. The van der Waals surface area contributed by atoms with E-state index in [0.717, 1.165) is 62.5 Å². The summed E-state index contributed by atoms with van der Waals surface area (Å²) in [4.78, 5) is 28.0. The van der Waals surface area contributed by atoms with E-state index < -0.39 is 0 Å². The first-order chi connectivity index (χ1) is 18.5. The fraction of sp³-hybridized carbons (Fsp3) is 0.333. The predicted molar refractivity (Wildman–Crippen MR) is 154 cm³/mol. The van der Waals surface area contributed by atoms with Gasteiger partial charge >= 0.3 is 0 Å². The molecule has 0 aliphatic carbocycles. The maximum atomic E-state index is 4.69. The van der Waals surface area contributed by atoms with Crippen molar-refractivity contribution in [3.8, 4) is 0 Å². The third kappa shape index (κ3) is 4.62. The van der Waals surface area contributed by atoms with Crippen molar-refractivity contribution in [2.24, 2.45) is 0 Å². The summed E-state index contributed by atoms with van der Waals surface area (Å²) < 4.78 is 0. The molecule has 4 heterocycles. The van der Waals surface area contributed by atoms with Gasteiger partial charge in [-0.3, -0.25) is 0 Å². The van der Waals surface area contributed by atoms with E-state index in [0.29, 0.717) is 0 Å². The van der Waals surface area contributed by atoms with Gasteiger partial charge in [0.05, 0.1) is 13.3 Å². The Kier molecular flexibility index (Phi) is 6.31. The van der Waals surface area contributed by atoms with Crippen molar-refractivity contribution in [3.05, 3.63) is 83.4 Å². The summed E-state index contributed by atoms with van der Waals surface area (Å²) in [6.45, 7) is 12.0. The van der Waals surface area contributed by atoms with Gasteiger partial charge in [0.2, 0.25) is 0 Å². The third-order valence-corrected chi connectivity index (χ3v) is 7.20. The minimum Gasteiger partial charge on any atom is -0.335 e. The number of nitrogens with zero attached hydrogens (tertiary/aromatic N) is 8. The molecule has 0 fully saturated rings. The molecular formula is C30H34N8. The van der Waals surface area contributed by atoms with E-state index in [1.54, 1.807) is 24.8 Å². The lowest BCUT2D eigenvalue weighted by atomic mass is 10.1. The molecule has 6 rings (SSSR count). The van der Waals surface area contributed by atoms with Crippen LogP contribution in [-0.4, -0.2) is 46.4 Å². The first kappa shape index (κ1) is 24.2. The van der Waals surface area contributed by atoms with Crippen LogP contribution in [0.5, 0.6) is 0 Å². The molecule has 0 bridgehead atoms. The number of benzene rings is 2. The first-order valence-corrected chi connectivity index (χ1v) is 13.3. The molecular weight excluding hydrogens is 472 g/mol. The van der Waals surface area contributed by atoms with Crippen molar-refractivity contribution in [3.63, 3.8) is 0 Å². The van der Waals surface area contributed by atoms with Gasteiger partial charge in [-0.15, -0.1) is 0 Å². The molecule has 8 nitrogen and oxygen atoms in total. The molecule has 2 aliphatic rings. The summed E-state index contributed by atoms with van der Waals surface area (Å²) in [6, 6.07) is 13.3. The second-order valence-electron chi connectivity index (χ2n) is 10.5. The molecule has 0 spiro atoms. The van der Waals surface area contributed by atoms with Crippen LogP contribution in [0.1, 0.15) is 35.1 Å². The zero-order valence-corrected chi connectivity index (χ0v) is 22.6. The Bertz CT molecular complexity index is 1320. The van der Waals surface area contributed by atoms with Crippen LogP contribution in [-0.2, 0) is 0 Å². The van der Waals surface area contributed by atoms with Crippen molar-refractivity contribution in [1.82, 2.24) is 19.9 Å². The second-order valence-corrected chi connectivity index (χ2v) is 10.5. The van der Waals surface area contributed by atoms with E-state index in [2.05, 4.69) is 93.7 Å². The highest BCUT2D eigenvalue weighted by atomic mass is 15.4. The Morgan fingerprint density at radius 1 is 0.500 bits per heavy atom. The van der Waals surface area contributed by atoms with Gasteiger partial charge in [0.15, 0.2) is 23.3 Å². The van der Waals surface area contributed by atoms with Crippen LogP contribution >= 0.6 is 0 Å². The van der Waals surface area contributed by atoms with Crippen molar-refractivity contribution in [2.45, 2.75) is 40.5 Å². The molecule has 0 saturated heterocycles. The summed E-state index contributed by atoms with van der Waals surface area (Å²) in [5.74, 6) is 3.80. The van der Waals surface area contributed by atoms with Gasteiger partial charge < -0.3 is 19.6 Å². The standard InChI is InChI=1S/C30H34N8/c1-21-13-22(2)16-25(15-21)37-19-35(27-29(37)33-9-7-31-27)11-5-6-12-36-20-38(30-28(36)32-8-10-34-30)26-17-23(3)14-24(4)18-26/h7-10,13-18H,5-6,11-12,19-20H2,1-4H3. The zero-order chi connectivity index (χ0) is 26.2. The number of rotatable bonds is 7. The van der Waals surface area contributed by atoms with E-state index >= 15 is 0 Å². The van der Waals surface area contributed by atoms with E-state index in [9.17, 15) is 0 Å². The normalized spacial score (nSPS) is 14.3. The third-order valence-electron chi connectivity index (χ3n) is 7.20. The predicted octanol–water partition coefficient (Wildman–Crippen LogP) is 5.81. The first-order valence-electron chi connectivity index (χ1n) is 13.3. The van der Waals surface area contributed by atoms with Crippen molar-refractivity contribution in [1.29, 1.82) is 0 Å². The molecule has 0 radical (unpaired) electrons. The van der Waals surface area contributed by atoms with Crippen LogP contribution in [0.4, 0.5) is 34.6 Å². The van der Waals surface area contributed by atoms with Gasteiger partial charge in [-0.05, 0) is 87.1 Å². The SMILES string of the molecule is Cc1cc(C)cc(N2CN(CCCCN3CN(c4cc(C)cc(C)c4)c4nccnc43)c3nccnc32)c1. The molecule has 8 heteroatoms. The van der Waals surface area contributed by atoms with Gasteiger partial charge in [0.1, 0.15) is 0 Å². The molecule has 2 aromatic carbocycles. The number of fused-ring (bicyclic) bond motifs is 2. The lowest BCUT2D eigenvalue weighted by Gasteiger charge is -2.23. The van der Waals surface area contributed by atoms with E-state index in [4.69, 9.17) is 9.97 Å². The number of hydrogen-bond donors (Lipinski definition) is 0. The highest BCUT2D eigenvalue weighted by Crippen LogP contribution is 2.39. The zero-order valence-electron chi connectivity index (χ0n) is 22.6. The van der Waals surface area contributed by atoms with E-state index in [1.807, 2.05) is 0 Å². The van der Waals surface area contributed by atoms with Crippen LogP contribution < -0.4 is 19.6 Å². The molecule has 0 atom stereocenters. The van der Waals surface area contributed by atoms with Gasteiger partial charge in [-0.25, -0.2) is 19.9 Å². The van der Waals surface area contributed by atoms with Crippen LogP contribution in [0.2, 0.25) is 0 Å². The fourth-order valence-corrected chi connectivity index (χ4v) is 5.66. The highest BCUT2D eigenvalue weighted by molar-refractivity contribution is 5.77. The van der Waals surface area contributed by atoms with Gasteiger partial charge in [-0.1, -0.05) is 12.1 Å². The number of hydrogen-bond acceptors (Lipinski definition) is 8. The van der Waals surface area contributed by atoms with E-state index in [-0.39, 0.29) is 0 Å². The molecule has 4 aromatic rings. The quantitative estimate of drug-likeness (QED) is 0.291. The minimum atomic E-state index is 0.765. The Morgan fingerprint density at radius 2 is 0.842 bits per heavy atom. The fourth-order valence-electron chi connectivity index (χ4n) is 5.66. The average Bonchev–Trinajstić information content (AvgIpc) is 3.44. The Labute approximate surface area is 224 Å². The second kappa shape index (κ2) is 9.93. The van der Waals surface area contributed by atoms with E-state index in [1.165, 1.54) is 33.6 Å². The smallest absolute Gasteiger partial charge is 0.178 e. The molecule has 0 saturated carbocycles. The van der Waals surface area contributed by atoms with Crippen molar-refractivity contribution >= 4 is 34.6 Å². The van der Waals surface area contributed by atoms with Gasteiger partial charge in [-0.2, -0.15) is 0 Å². The van der Waals surface area contributed by atoms with Crippen molar-refractivity contribution < 1.29 is 0 Å². The summed E-state index contributed by atoms with van der Waals surface area (Å²) in [7, 11) is 0. The van der Waals surface area contributed by atoms with Gasteiger partial charge in [0.25, 0.3) is 0 Å². The molecule has 0 unspecified atom stereocenters. The Hall–Kier alpha value is -4.20. The molecule has 194 valence electrons. The summed E-state index contributed by atoms with van der Waals surface area (Å²) in [5.41, 5.74) is 7.37. The topological polar surface area (TPSA) is 64.5 Å². The van der Waals surface area contributed by atoms with Crippen LogP contribution in [0, 0.1) is 27.7 Å². The molecule has 0 amide bonds. The molecule has 2 aliphatic heterocycles. The van der Waals surface area contributed by atoms with Crippen LogP contribution in [0.25, 0.3) is 0 Å². The maximum absolute atomic E-state index is 4.69. The number of anilines is 6. The van der Waals surface area contributed by atoms with Crippen LogP contribution in [0.3, 0.4) is 0 Å². The van der Waals surface area contributed by atoms with Gasteiger partial charge in [0, 0.05) is 49.3 Å². The lowest BCUT2D eigenvalue weighted by molar-refractivity contribution is 0.673. The summed E-state index contributed by atoms with van der Waals surface area (Å²) in [5, 5.41) is 0. The van der Waals surface area contributed by atoms with Crippen molar-refractivity contribution in [2.75, 3.05) is 46.0 Å². The Balaban J connectivity index is 1.12. The summed E-state index contributed by atoms with van der Waals surface area (Å²) >= 11 is 0. The monoisotopic (exact) mass is 506 g/mol. The maximum Gasteiger partial charge on any atom is 0.178 e. The molecule has 38 heavy (non-hydrogen) atoms. The number of aromatic nitrogens is 4. The number of aryl methyl sites for hydroxylation is 4.